The van der Waals surface area contributed by atoms with Crippen molar-refractivity contribution in [1.82, 2.24) is 4.90 Å². The number of likely N-dealkylation sites (N-methyl/N-ethyl adjacent to an activating group) is 1. The van der Waals surface area contributed by atoms with Crippen molar-refractivity contribution in [2.45, 2.75) is 6.92 Å². The highest BCUT2D eigenvalue weighted by Crippen LogP contribution is 1.88. The highest BCUT2D eigenvalue weighted by Gasteiger charge is 2.00. The molecule has 0 saturated carbocycles. The van der Waals surface area contributed by atoms with Gasteiger partial charge in [-0.25, -0.2) is 0 Å². The van der Waals surface area contributed by atoms with E-state index in [0.717, 1.165) is 0 Å². The van der Waals surface area contributed by atoms with Crippen LogP contribution < -0.4 is 11.5 Å². The summed E-state index contributed by atoms with van der Waals surface area (Å²) < 4.78 is 0. The Morgan fingerprint density at radius 1 is 1.13 bits per heavy atom. The fourth-order valence-electron chi connectivity index (χ4n) is 0.460. The maximum absolute atomic E-state index is 10.3. The molecule has 5 heteroatoms. The standard InChI is InChI=1S/C6H12N2O.C4H7NO/c1-5(6(7)9)4-8(2)3;1-3(2)4(5)6/h1,4H2,2-3H3,(H2,7,9);1H2,2H3,(H2,5,6). The Morgan fingerprint density at radius 2 is 1.47 bits per heavy atom. The maximum atomic E-state index is 10.3. The lowest BCUT2D eigenvalue weighted by molar-refractivity contribution is -0.115. The second-order valence-corrected chi connectivity index (χ2v) is 3.35. The summed E-state index contributed by atoms with van der Waals surface area (Å²) in [6.45, 7) is 8.87. The third-order valence-electron chi connectivity index (χ3n) is 1.28. The topological polar surface area (TPSA) is 89.4 Å². The predicted molar refractivity (Wildman–Crippen MR) is 60.9 cm³/mol. The molecule has 0 aromatic rings. The fraction of sp³-hybridized carbons (Fsp3) is 0.400. The fourth-order valence-corrected chi connectivity index (χ4v) is 0.460. The van der Waals surface area contributed by atoms with Gasteiger partial charge in [-0.15, -0.1) is 0 Å². The van der Waals surface area contributed by atoms with Crippen LogP contribution in [0.5, 0.6) is 0 Å². The van der Waals surface area contributed by atoms with Crippen LogP contribution in [0.25, 0.3) is 0 Å². The van der Waals surface area contributed by atoms with Crippen LogP contribution in [0.1, 0.15) is 6.92 Å². The molecule has 15 heavy (non-hydrogen) atoms. The van der Waals surface area contributed by atoms with Crippen molar-refractivity contribution in [1.29, 1.82) is 0 Å². The highest BCUT2D eigenvalue weighted by atomic mass is 16.1. The van der Waals surface area contributed by atoms with Crippen molar-refractivity contribution in [2.24, 2.45) is 11.5 Å². The van der Waals surface area contributed by atoms with Gasteiger partial charge in [-0.1, -0.05) is 13.2 Å². The van der Waals surface area contributed by atoms with Crippen LogP contribution in [0.15, 0.2) is 24.3 Å². The molecule has 0 unspecified atom stereocenters. The molecule has 5 nitrogen and oxygen atoms in total. The van der Waals surface area contributed by atoms with Crippen LogP contribution in [0.2, 0.25) is 0 Å². The average Bonchev–Trinajstić information content (AvgIpc) is 2.03. The summed E-state index contributed by atoms with van der Waals surface area (Å²) in [5, 5.41) is 0. The molecule has 0 bridgehead atoms. The lowest BCUT2D eigenvalue weighted by Crippen LogP contribution is -2.23. The van der Waals surface area contributed by atoms with Gasteiger partial charge in [0, 0.05) is 17.7 Å². The van der Waals surface area contributed by atoms with Crippen LogP contribution in [0.4, 0.5) is 0 Å². The predicted octanol–water partition coefficient (Wildman–Crippen LogP) is -0.363. The molecule has 0 aliphatic carbocycles. The van der Waals surface area contributed by atoms with Gasteiger partial charge in [0.05, 0.1) is 0 Å². The van der Waals surface area contributed by atoms with Crippen molar-refractivity contribution in [3.05, 3.63) is 24.3 Å². The maximum Gasteiger partial charge on any atom is 0.245 e. The van der Waals surface area contributed by atoms with Gasteiger partial charge in [-0.3, -0.25) is 9.59 Å². The molecule has 0 heterocycles. The number of amides is 2. The summed E-state index contributed by atoms with van der Waals surface area (Å²) in [6.07, 6.45) is 0. The number of hydrogen-bond acceptors (Lipinski definition) is 3. The second-order valence-electron chi connectivity index (χ2n) is 3.35. The number of primary amides is 2. The lowest BCUT2D eigenvalue weighted by atomic mass is 10.3. The molecule has 0 saturated heterocycles. The first kappa shape index (κ1) is 15.8. The second kappa shape index (κ2) is 7.75. The number of nitrogens with zero attached hydrogens (tertiary/aromatic N) is 1. The molecule has 0 aliphatic rings. The summed E-state index contributed by atoms with van der Waals surface area (Å²) in [6, 6.07) is 0. The number of rotatable bonds is 4. The number of carbonyl (C=O) groups excluding carboxylic acids is 2. The van der Waals surface area contributed by atoms with Crippen LogP contribution in [0, 0.1) is 0 Å². The van der Waals surface area contributed by atoms with E-state index in [1.54, 1.807) is 6.92 Å². The van der Waals surface area contributed by atoms with Gasteiger partial charge in [0.2, 0.25) is 11.8 Å². The molecule has 4 N–H and O–H groups in total. The summed E-state index contributed by atoms with van der Waals surface area (Å²) in [5.41, 5.74) is 10.5. The van der Waals surface area contributed by atoms with E-state index in [0.29, 0.717) is 17.7 Å². The van der Waals surface area contributed by atoms with Crippen LogP contribution in [-0.2, 0) is 9.59 Å². The van der Waals surface area contributed by atoms with Gasteiger partial charge in [0.25, 0.3) is 0 Å². The smallest absolute Gasteiger partial charge is 0.245 e. The minimum atomic E-state index is -0.435. The van der Waals surface area contributed by atoms with Gasteiger partial charge in [0.1, 0.15) is 0 Å². The molecule has 0 spiro atoms. The van der Waals surface area contributed by atoms with E-state index in [1.165, 1.54) is 0 Å². The number of carbonyl (C=O) groups is 2. The third-order valence-corrected chi connectivity index (χ3v) is 1.28. The van der Waals surface area contributed by atoms with Crippen LogP contribution >= 0.6 is 0 Å². The Labute approximate surface area is 90.4 Å². The minimum Gasteiger partial charge on any atom is -0.366 e. The molecule has 0 rings (SSSR count). The molecule has 0 fully saturated rings. The average molecular weight is 213 g/mol. The van der Waals surface area contributed by atoms with Gasteiger partial charge >= 0.3 is 0 Å². The monoisotopic (exact) mass is 213 g/mol. The Kier molecular flexibility index (Phi) is 8.18. The van der Waals surface area contributed by atoms with Crippen LogP contribution in [-0.4, -0.2) is 37.4 Å². The van der Waals surface area contributed by atoms with E-state index in [1.807, 2.05) is 19.0 Å². The van der Waals surface area contributed by atoms with Gasteiger partial charge in [-0.2, -0.15) is 0 Å². The summed E-state index contributed by atoms with van der Waals surface area (Å²) >= 11 is 0. The van der Waals surface area contributed by atoms with E-state index < -0.39 is 11.8 Å². The molecule has 2 amide bonds. The van der Waals surface area contributed by atoms with Gasteiger partial charge in [-0.05, 0) is 21.0 Å². The molecular weight excluding hydrogens is 194 g/mol. The normalized spacial score (nSPS) is 8.80. The zero-order valence-corrected chi connectivity index (χ0v) is 9.54. The third kappa shape index (κ3) is 12.4. The Hall–Kier alpha value is -1.62. The molecule has 0 aliphatic heterocycles. The summed E-state index contributed by atoms with van der Waals surface area (Å²) in [4.78, 5) is 22.0. The minimum absolute atomic E-state index is 0.398. The van der Waals surface area contributed by atoms with Gasteiger partial charge < -0.3 is 16.4 Å². The first-order chi connectivity index (χ1) is 6.68. The zero-order valence-electron chi connectivity index (χ0n) is 9.54. The van der Waals surface area contributed by atoms with E-state index in [4.69, 9.17) is 11.5 Å². The van der Waals surface area contributed by atoms with Gasteiger partial charge in [0.15, 0.2) is 0 Å². The Bertz CT molecular complexity index is 258. The van der Waals surface area contributed by atoms with Crippen molar-refractivity contribution < 1.29 is 9.59 Å². The first-order valence-electron chi connectivity index (χ1n) is 4.26. The SMILES string of the molecule is C=C(C)C(N)=O.C=C(CN(C)C)C(N)=O. The molecule has 0 aromatic carbocycles. The molecule has 0 atom stereocenters. The largest absolute Gasteiger partial charge is 0.366 e. The molecular formula is C10H19N3O2. The Morgan fingerprint density at radius 3 is 1.53 bits per heavy atom. The summed E-state index contributed by atoms with van der Waals surface area (Å²) in [5.74, 6) is -0.862. The highest BCUT2D eigenvalue weighted by molar-refractivity contribution is 5.91. The first-order valence-corrected chi connectivity index (χ1v) is 4.26. The van der Waals surface area contributed by atoms with E-state index in [9.17, 15) is 9.59 Å². The zero-order chi connectivity index (χ0) is 12.6. The quantitative estimate of drug-likeness (QED) is 0.625. The molecule has 0 aromatic heterocycles. The van der Waals surface area contributed by atoms with Crippen molar-refractivity contribution in [3.8, 4) is 0 Å². The molecule has 0 radical (unpaired) electrons. The van der Waals surface area contributed by atoms with E-state index in [2.05, 4.69) is 13.2 Å². The van der Waals surface area contributed by atoms with Crippen molar-refractivity contribution in [3.63, 3.8) is 0 Å². The number of hydrogen-bond donors (Lipinski definition) is 2. The van der Waals surface area contributed by atoms with E-state index >= 15 is 0 Å². The van der Waals surface area contributed by atoms with Crippen molar-refractivity contribution in [2.75, 3.05) is 20.6 Å². The van der Waals surface area contributed by atoms with Crippen molar-refractivity contribution >= 4 is 11.8 Å². The Balaban J connectivity index is 0. The number of nitrogens with two attached hydrogens (primary N) is 2. The van der Waals surface area contributed by atoms with E-state index in [-0.39, 0.29) is 0 Å². The van der Waals surface area contributed by atoms with Crippen LogP contribution in [0.3, 0.4) is 0 Å². The summed E-state index contributed by atoms with van der Waals surface area (Å²) in [7, 11) is 3.71. The lowest BCUT2D eigenvalue weighted by Gasteiger charge is -2.08. The molecule has 86 valence electrons.